The summed E-state index contributed by atoms with van der Waals surface area (Å²) >= 11 is 0. The number of amides is 1. The van der Waals surface area contributed by atoms with Crippen LogP contribution in [0.2, 0.25) is 0 Å². The lowest BCUT2D eigenvalue weighted by Crippen LogP contribution is -2.11. The van der Waals surface area contributed by atoms with E-state index in [0.29, 0.717) is 6.42 Å². The van der Waals surface area contributed by atoms with E-state index in [9.17, 15) is 4.79 Å². The number of anilines is 1. The highest BCUT2D eigenvalue weighted by Gasteiger charge is 2.07. The van der Waals surface area contributed by atoms with E-state index in [1.165, 1.54) is 50.5 Å². The summed E-state index contributed by atoms with van der Waals surface area (Å²) in [6, 6.07) is 12.1. The second kappa shape index (κ2) is 11.5. The fourth-order valence-electron chi connectivity index (χ4n) is 3.80. The zero-order chi connectivity index (χ0) is 21.2. The molecule has 0 bridgehead atoms. The van der Waals surface area contributed by atoms with Gasteiger partial charge in [-0.1, -0.05) is 70.4 Å². The van der Waals surface area contributed by atoms with Gasteiger partial charge in [-0.25, -0.2) is 4.98 Å². The van der Waals surface area contributed by atoms with E-state index >= 15 is 0 Å². The largest absolute Gasteiger partial charge is 0.326 e. The molecule has 30 heavy (non-hydrogen) atoms. The van der Waals surface area contributed by atoms with Crippen molar-refractivity contribution in [2.24, 2.45) is 0 Å². The molecule has 0 saturated carbocycles. The monoisotopic (exact) mass is 405 g/mol. The molecular weight excluding hydrogens is 370 g/mol. The van der Waals surface area contributed by atoms with Crippen LogP contribution in [0, 0.1) is 6.92 Å². The quantitative estimate of drug-likeness (QED) is 0.325. The molecule has 0 aliphatic carbocycles. The highest BCUT2D eigenvalue weighted by molar-refractivity contribution is 5.91. The highest BCUT2D eigenvalue weighted by atomic mass is 16.1. The number of pyridine rings is 1. The van der Waals surface area contributed by atoms with Gasteiger partial charge in [-0.3, -0.25) is 4.79 Å². The molecule has 0 atom stereocenters. The van der Waals surface area contributed by atoms with Crippen molar-refractivity contribution in [1.29, 1.82) is 0 Å². The molecule has 2 aromatic heterocycles. The van der Waals surface area contributed by atoms with Crippen molar-refractivity contribution in [3.05, 3.63) is 54.4 Å². The lowest BCUT2D eigenvalue weighted by atomic mass is 10.1. The summed E-state index contributed by atoms with van der Waals surface area (Å²) in [6.07, 6.45) is 16.0. The van der Waals surface area contributed by atoms with Gasteiger partial charge in [-0.15, -0.1) is 0 Å². The number of rotatable bonds is 12. The summed E-state index contributed by atoms with van der Waals surface area (Å²) in [5, 5.41) is 3.05. The zero-order valence-electron chi connectivity index (χ0n) is 18.5. The van der Waals surface area contributed by atoms with Crippen LogP contribution >= 0.6 is 0 Å². The van der Waals surface area contributed by atoms with Crippen molar-refractivity contribution in [3.8, 4) is 11.3 Å². The minimum Gasteiger partial charge on any atom is -0.326 e. The lowest BCUT2D eigenvalue weighted by Gasteiger charge is -2.07. The second-order valence-corrected chi connectivity index (χ2v) is 8.30. The fraction of sp³-hybridized carbons (Fsp3) is 0.462. The highest BCUT2D eigenvalue weighted by Crippen LogP contribution is 2.23. The number of carbonyl (C=O) groups excluding carboxylic acids is 1. The summed E-state index contributed by atoms with van der Waals surface area (Å²) in [7, 11) is 0. The van der Waals surface area contributed by atoms with Crippen LogP contribution in [0.25, 0.3) is 16.9 Å². The normalized spacial score (nSPS) is 11.1. The molecule has 0 aliphatic heterocycles. The Labute approximate surface area is 180 Å². The second-order valence-electron chi connectivity index (χ2n) is 8.30. The van der Waals surface area contributed by atoms with E-state index in [2.05, 4.69) is 31.3 Å². The summed E-state index contributed by atoms with van der Waals surface area (Å²) in [5.41, 5.74) is 4.89. The standard InChI is InChI=1S/C26H35N3O/c1-3-4-5-6-7-8-9-10-11-15-26(30)27-23-14-12-13-22(19-23)24-20-29-17-16-21(2)18-25(29)28-24/h12-14,16-20H,3-11,15H2,1-2H3,(H,27,30). The molecule has 4 heteroatoms. The number of unbranched alkanes of at least 4 members (excludes halogenated alkanes) is 8. The maximum atomic E-state index is 12.3. The van der Waals surface area contributed by atoms with Gasteiger partial charge in [0, 0.05) is 30.1 Å². The Bertz CT molecular complexity index is 944. The Balaban J connectivity index is 1.44. The first-order valence-corrected chi connectivity index (χ1v) is 11.5. The molecule has 3 rings (SSSR count). The first-order chi connectivity index (χ1) is 14.7. The Kier molecular flexibility index (Phi) is 8.49. The molecule has 1 aromatic carbocycles. The third kappa shape index (κ3) is 6.72. The van der Waals surface area contributed by atoms with Crippen LogP contribution in [0.4, 0.5) is 5.69 Å². The smallest absolute Gasteiger partial charge is 0.224 e. The number of carbonyl (C=O) groups is 1. The predicted octanol–water partition coefficient (Wildman–Crippen LogP) is 7.17. The molecule has 3 aromatic rings. The molecule has 0 fully saturated rings. The Hall–Kier alpha value is -2.62. The van der Waals surface area contributed by atoms with E-state index < -0.39 is 0 Å². The van der Waals surface area contributed by atoms with Crippen LogP contribution in [0.1, 0.15) is 76.7 Å². The summed E-state index contributed by atoms with van der Waals surface area (Å²) < 4.78 is 2.03. The van der Waals surface area contributed by atoms with Crippen LogP contribution in [-0.4, -0.2) is 15.3 Å². The van der Waals surface area contributed by atoms with Gasteiger partial charge in [-0.2, -0.15) is 0 Å². The van der Waals surface area contributed by atoms with Crippen molar-refractivity contribution < 1.29 is 4.79 Å². The Morgan fingerprint density at radius 3 is 2.47 bits per heavy atom. The van der Waals surface area contributed by atoms with E-state index in [0.717, 1.165) is 35.4 Å². The molecule has 0 unspecified atom stereocenters. The molecule has 4 nitrogen and oxygen atoms in total. The maximum Gasteiger partial charge on any atom is 0.224 e. The number of hydrogen-bond donors (Lipinski definition) is 1. The van der Waals surface area contributed by atoms with Crippen LogP contribution in [0.15, 0.2) is 48.8 Å². The number of nitrogens with zero attached hydrogens (tertiary/aromatic N) is 2. The van der Waals surface area contributed by atoms with Gasteiger partial charge in [0.25, 0.3) is 0 Å². The number of benzene rings is 1. The minimum atomic E-state index is 0.0979. The molecule has 2 heterocycles. The van der Waals surface area contributed by atoms with Crippen LogP contribution in [0.3, 0.4) is 0 Å². The van der Waals surface area contributed by atoms with Crippen molar-refractivity contribution >= 4 is 17.2 Å². The van der Waals surface area contributed by atoms with Crippen molar-refractivity contribution in [2.45, 2.75) is 78.1 Å². The topological polar surface area (TPSA) is 46.4 Å². The van der Waals surface area contributed by atoms with Crippen molar-refractivity contribution in [1.82, 2.24) is 9.38 Å². The van der Waals surface area contributed by atoms with Crippen molar-refractivity contribution in [3.63, 3.8) is 0 Å². The number of aryl methyl sites for hydroxylation is 1. The molecule has 0 aliphatic rings. The first kappa shape index (κ1) is 22.1. The molecule has 1 N–H and O–H groups in total. The van der Waals surface area contributed by atoms with Gasteiger partial charge in [0.15, 0.2) is 0 Å². The molecule has 0 saturated heterocycles. The predicted molar refractivity (Wildman–Crippen MR) is 126 cm³/mol. The summed E-state index contributed by atoms with van der Waals surface area (Å²) in [5.74, 6) is 0.0979. The van der Waals surface area contributed by atoms with E-state index in [-0.39, 0.29) is 5.91 Å². The van der Waals surface area contributed by atoms with Crippen molar-refractivity contribution in [2.75, 3.05) is 5.32 Å². The van der Waals surface area contributed by atoms with E-state index in [4.69, 9.17) is 4.98 Å². The minimum absolute atomic E-state index is 0.0979. The van der Waals surface area contributed by atoms with E-state index in [1.54, 1.807) is 0 Å². The number of imidazole rings is 1. The van der Waals surface area contributed by atoms with Crippen LogP contribution < -0.4 is 5.32 Å². The SMILES string of the molecule is CCCCCCCCCCCC(=O)Nc1cccc(-c2cn3ccc(C)cc3n2)c1. The molecule has 0 radical (unpaired) electrons. The van der Waals surface area contributed by atoms with E-state index in [1.807, 2.05) is 41.1 Å². The van der Waals surface area contributed by atoms with Gasteiger partial charge in [0.1, 0.15) is 5.65 Å². The van der Waals surface area contributed by atoms with Gasteiger partial charge in [-0.05, 0) is 43.2 Å². The Morgan fingerprint density at radius 2 is 1.70 bits per heavy atom. The lowest BCUT2D eigenvalue weighted by molar-refractivity contribution is -0.116. The number of nitrogens with one attached hydrogen (secondary N) is 1. The molecular formula is C26H35N3O. The average Bonchev–Trinajstić information content (AvgIpc) is 3.16. The number of fused-ring (bicyclic) bond motifs is 1. The molecule has 1 amide bonds. The summed E-state index contributed by atoms with van der Waals surface area (Å²) in [4.78, 5) is 17.0. The third-order valence-electron chi connectivity index (χ3n) is 5.57. The van der Waals surface area contributed by atoms with Gasteiger partial charge >= 0.3 is 0 Å². The maximum absolute atomic E-state index is 12.3. The van der Waals surface area contributed by atoms with Gasteiger partial charge in [0.05, 0.1) is 5.69 Å². The van der Waals surface area contributed by atoms with Gasteiger partial charge in [0.2, 0.25) is 5.91 Å². The Morgan fingerprint density at radius 1 is 0.967 bits per heavy atom. The summed E-state index contributed by atoms with van der Waals surface area (Å²) in [6.45, 7) is 4.32. The van der Waals surface area contributed by atoms with Gasteiger partial charge < -0.3 is 9.72 Å². The fourth-order valence-corrected chi connectivity index (χ4v) is 3.80. The first-order valence-electron chi connectivity index (χ1n) is 11.5. The zero-order valence-corrected chi connectivity index (χ0v) is 18.5. The third-order valence-corrected chi connectivity index (χ3v) is 5.57. The van der Waals surface area contributed by atoms with Crippen LogP contribution in [0.5, 0.6) is 0 Å². The van der Waals surface area contributed by atoms with Crippen LogP contribution in [-0.2, 0) is 4.79 Å². The number of aromatic nitrogens is 2. The number of hydrogen-bond acceptors (Lipinski definition) is 2. The average molecular weight is 406 g/mol. The molecule has 0 spiro atoms. The molecule has 160 valence electrons.